The summed E-state index contributed by atoms with van der Waals surface area (Å²) in [7, 11) is 0. The molecular weight excluding hydrogens is 352 g/mol. The number of nitrogens with zero attached hydrogens (tertiary/aromatic N) is 1. The van der Waals surface area contributed by atoms with Gasteiger partial charge in [0.2, 0.25) is 11.8 Å². The van der Waals surface area contributed by atoms with Crippen molar-refractivity contribution in [3.63, 3.8) is 0 Å². The second kappa shape index (κ2) is 8.05. The van der Waals surface area contributed by atoms with Crippen molar-refractivity contribution in [1.82, 2.24) is 10.2 Å². The molecule has 1 saturated heterocycles. The number of para-hydroxylation sites is 2. The zero-order valence-electron chi connectivity index (χ0n) is 16.2. The van der Waals surface area contributed by atoms with Gasteiger partial charge in [0.1, 0.15) is 11.5 Å². The van der Waals surface area contributed by atoms with Crippen molar-refractivity contribution in [2.24, 2.45) is 5.92 Å². The summed E-state index contributed by atoms with van der Waals surface area (Å²) in [6.45, 7) is 3.99. The van der Waals surface area contributed by atoms with E-state index in [4.69, 9.17) is 4.74 Å². The number of hydrogen-bond donors (Lipinski definition) is 1. The molecule has 0 spiro atoms. The van der Waals surface area contributed by atoms with Gasteiger partial charge in [0, 0.05) is 36.7 Å². The Labute approximate surface area is 165 Å². The van der Waals surface area contributed by atoms with Crippen LogP contribution < -0.4 is 10.1 Å². The lowest BCUT2D eigenvalue weighted by Crippen LogP contribution is -2.45. The number of fused-ring (bicyclic) bond motifs is 2. The first kappa shape index (κ1) is 18.5. The van der Waals surface area contributed by atoms with Crippen LogP contribution in [0.1, 0.15) is 43.2 Å². The number of hydrogen-bond acceptors (Lipinski definition) is 3. The van der Waals surface area contributed by atoms with Crippen LogP contribution in [0.15, 0.2) is 48.5 Å². The Balaban J connectivity index is 1.52. The normalized spacial score (nSPS) is 16.7. The van der Waals surface area contributed by atoms with Crippen LogP contribution >= 0.6 is 0 Å². The molecule has 5 nitrogen and oxygen atoms in total. The minimum atomic E-state index is -0.355. The van der Waals surface area contributed by atoms with Crippen molar-refractivity contribution in [2.75, 3.05) is 19.6 Å². The summed E-state index contributed by atoms with van der Waals surface area (Å²) in [5, 5.41) is 2.98. The van der Waals surface area contributed by atoms with Gasteiger partial charge >= 0.3 is 0 Å². The van der Waals surface area contributed by atoms with Gasteiger partial charge in [-0.05, 0) is 31.4 Å². The van der Waals surface area contributed by atoms with Crippen molar-refractivity contribution in [1.29, 1.82) is 0 Å². The molecule has 5 heteroatoms. The summed E-state index contributed by atoms with van der Waals surface area (Å²) in [5.41, 5.74) is 1.82. The Morgan fingerprint density at radius 2 is 1.57 bits per heavy atom. The van der Waals surface area contributed by atoms with E-state index in [0.717, 1.165) is 29.0 Å². The summed E-state index contributed by atoms with van der Waals surface area (Å²) in [5.74, 6) is 1.35. The zero-order chi connectivity index (χ0) is 19.5. The highest BCUT2D eigenvalue weighted by atomic mass is 16.5. The lowest BCUT2D eigenvalue weighted by atomic mass is 9.86. The quantitative estimate of drug-likeness (QED) is 0.883. The van der Waals surface area contributed by atoms with E-state index in [1.165, 1.54) is 0 Å². The third-order valence-corrected chi connectivity index (χ3v) is 5.65. The predicted octanol–water partition coefficient (Wildman–Crippen LogP) is 3.69. The fraction of sp³-hybridized carbons (Fsp3) is 0.391. The summed E-state index contributed by atoms with van der Waals surface area (Å²) in [6, 6.07) is 15.5. The molecular formula is C23H26N2O3. The molecule has 0 radical (unpaired) electrons. The second-order valence-corrected chi connectivity index (χ2v) is 7.50. The molecule has 0 saturated carbocycles. The van der Waals surface area contributed by atoms with Crippen LogP contribution in [0, 0.1) is 5.92 Å². The van der Waals surface area contributed by atoms with E-state index < -0.39 is 0 Å². The van der Waals surface area contributed by atoms with Gasteiger partial charge in [-0.2, -0.15) is 0 Å². The number of piperidine rings is 1. The van der Waals surface area contributed by atoms with Crippen molar-refractivity contribution < 1.29 is 14.3 Å². The second-order valence-electron chi connectivity index (χ2n) is 7.50. The summed E-state index contributed by atoms with van der Waals surface area (Å²) in [6.07, 6.45) is 2.37. The number of ether oxygens (including phenoxy) is 1. The SMILES string of the molecule is CCCNC(=O)C1CCN(C(=O)C2c3ccccc3Oc3ccccc32)CC1. The van der Waals surface area contributed by atoms with E-state index in [0.29, 0.717) is 32.5 Å². The largest absolute Gasteiger partial charge is 0.457 e. The van der Waals surface area contributed by atoms with Gasteiger partial charge in [-0.25, -0.2) is 0 Å². The summed E-state index contributed by atoms with van der Waals surface area (Å²) in [4.78, 5) is 27.6. The van der Waals surface area contributed by atoms with Gasteiger partial charge in [-0.15, -0.1) is 0 Å². The zero-order valence-corrected chi connectivity index (χ0v) is 16.2. The Morgan fingerprint density at radius 1 is 1.00 bits per heavy atom. The van der Waals surface area contributed by atoms with Crippen LogP contribution in [0.5, 0.6) is 11.5 Å². The van der Waals surface area contributed by atoms with Crippen LogP contribution in [0.3, 0.4) is 0 Å². The molecule has 0 aliphatic carbocycles. The number of carbonyl (C=O) groups excluding carboxylic acids is 2. The van der Waals surface area contributed by atoms with Crippen LogP contribution in [-0.2, 0) is 9.59 Å². The Kier molecular flexibility index (Phi) is 5.33. The molecule has 2 heterocycles. The van der Waals surface area contributed by atoms with Crippen LogP contribution in [0.4, 0.5) is 0 Å². The lowest BCUT2D eigenvalue weighted by Gasteiger charge is -2.36. The molecule has 2 aliphatic heterocycles. The highest BCUT2D eigenvalue weighted by molar-refractivity contribution is 5.90. The highest BCUT2D eigenvalue weighted by Gasteiger charge is 2.37. The van der Waals surface area contributed by atoms with E-state index in [2.05, 4.69) is 5.32 Å². The molecule has 2 aromatic carbocycles. The van der Waals surface area contributed by atoms with Crippen molar-refractivity contribution >= 4 is 11.8 Å². The first-order chi connectivity index (χ1) is 13.7. The molecule has 2 aromatic rings. The molecule has 0 bridgehead atoms. The highest BCUT2D eigenvalue weighted by Crippen LogP contribution is 2.44. The molecule has 0 aromatic heterocycles. The Hall–Kier alpha value is -2.82. The summed E-state index contributed by atoms with van der Waals surface area (Å²) >= 11 is 0. The molecule has 28 heavy (non-hydrogen) atoms. The maximum absolute atomic E-state index is 13.5. The maximum atomic E-state index is 13.5. The number of benzene rings is 2. The van der Waals surface area contributed by atoms with Gasteiger partial charge in [-0.3, -0.25) is 9.59 Å². The number of rotatable bonds is 4. The predicted molar refractivity (Wildman–Crippen MR) is 107 cm³/mol. The topological polar surface area (TPSA) is 58.6 Å². The average Bonchev–Trinajstić information content (AvgIpc) is 2.75. The monoisotopic (exact) mass is 378 g/mol. The van der Waals surface area contributed by atoms with Gasteiger partial charge in [0.05, 0.1) is 5.92 Å². The number of likely N-dealkylation sites (tertiary alicyclic amines) is 1. The van der Waals surface area contributed by atoms with Crippen LogP contribution in [0.2, 0.25) is 0 Å². The molecule has 0 unspecified atom stereocenters. The number of nitrogens with one attached hydrogen (secondary N) is 1. The molecule has 0 atom stereocenters. The number of amides is 2. The van der Waals surface area contributed by atoms with E-state index in [1.54, 1.807) is 0 Å². The first-order valence-corrected chi connectivity index (χ1v) is 10.1. The fourth-order valence-corrected chi connectivity index (χ4v) is 4.11. The third kappa shape index (κ3) is 3.49. The Bertz CT molecular complexity index is 826. The van der Waals surface area contributed by atoms with E-state index in [9.17, 15) is 9.59 Å². The molecule has 146 valence electrons. The van der Waals surface area contributed by atoms with Gasteiger partial charge in [0.15, 0.2) is 0 Å². The number of carbonyl (C=O) groups is 2. The molecule has 2 aliphatic rings. The van der Waals surface area contributed by atoms with E-state index >= 15 is 0 Å². The fourth-order valence-electron chi connectivity index (χ4n) is 4.11. The standard InChI is InChI=1S/C23H26N2O3/c1-2-13-24-22(26)16-11-14-25(15-12-16)23(27)21-17-7-3-5-9-19(17)28-20-10-6-4-8-18(20)21/h3-10,16,21H,2,11-15H2,1H3,(H,24,26). The summed E-state index contributed by atoms with van der Waals surface area (Å²) < 4.78 is 6.01. The van der Waals surface area contributed by atoms with Crippen molar-refractivity contribution in [3.05, 3.63) is 59.7 Å². The van der Waals surface area contributed by atoms with Crippen LogP contribution in [0.25, 0.3) is 0 Å². The van der Waals surface area contributed by atoms with E-state index in [1.807, 2.05) is 60.4 Å². The van der Waals surface area contributed by atoms with Gasteiger partial charge in [0.25, 0.3) is 0 Å². The van der Waals surface area contributed by atoms with Crippen LogP contribution in [-0.4, -0.2) is 36.3 Å². The molecule has 1 fully saturated rings. The smallest absolute Gasteiger partial charge is 0.234 e. The maximum Gasteiger partial charge on any atom is 0.234 e. The molecule has 4 rings (SSSR count). The van der Waals surface area contributed by atoms with Crippen molar-refractivity contribution in [2.45, 2.75) is 32.1 Å². The van der Waals surface area contributed by atoms with Gasteiger partial charge < -0.3 is 15.0 Å². The minimum absolute atomic E-state index is 0.00450. The Morgan fingerprint density at radius 3 is 2.14 bits per heavy atom. The van der Waals surface area contributed by atoms with Crippen molar-refractivity contribution in [3.8, 4) is 11.5 Å². The third-order valence-electron chi connectivity index (χ3n) is 5.65. The first-order valence-electron chi connectivity index (χ1n) is 10.1. The van der Waals surface area contributed by atoms with E-state index in [-0.39, 0.29) is 23.7 Å². The molecule has 1 N–H and O–H groups in total. The minimum Gasteiger partial charge on any atom is -0.457 e. The average molecular weight is 378 g/mol. The lowest BCUT2D eigenvalue weighted by molar-refractivity contribution is -0.136. The molecule has 2 amide bonds. The van der Waals surface area contributed by atoms with Gasteiger partial charge in [-0.1, -0.05) is 43.3 Å².